The van der Waals surface area contributed by atoms with Crippen molar-refractivity contribution in [1.82, 2.24) is 5.32 Å². The monoisotopic (exact) mass is 305 g/mol. The van der Waals surface area contributed by atoms with E-state index in [0.29, 0.717) is 18.4 Å². The molecule has 0 amide bonds. The van der Waals surface area contributed by atoms with Gasteiger partial charge in [-0.25, -0.2) is 0 Å². The maximum atomic E-state index is 12.1. The molecule has 0 aromatic heterocycles. The number of ether oxygens (including phenoxy) is 1. The maximum absolute atomic E-state index is 12.1. The van der Waals surface area contributed by atoms with E-state index in [9.17, 15) is 23.1 Å². The van der Waals surface area contributed by atoms with Crippen molar-refractivity contribution in [3.63, 3.8) is 0 Å². The molecule has 0 saturated carbocycles. The van der Waals surface area contributed by atoms with Crippen molar-refractivity contribution in [3.05, 3.63) is 29.8 Å². The third-order valence-electron chi connectivity index (χ3n) is 3.04. The molecule has 0 aliphatic heterocycles. The Bertz CT molecular complexity index is 491. The number of carbonyl (C=O) groups is 1. The summed E-state index contributed by atoms with van der Waals surface area (Å²) in [6, 6.07) is 5.45. The van der Waals surface area contributed by atoms with E-state index < -0.39 is 17.9 Å². The first kappa shape index (κ1) is 17.3. The highest BCUT2D eigenvalue weighted by Gasteiger charge is 2.32. The normalized spacial score (nSPS) is 14.5. The second-order valence-electron chi connectivity index (χ2n) is 4.94. The number of rotatable bonds is 7. The Hall–Kier alpha value is -1.76. The Morgan fingerprint density at radius 1 is 1.38 bits per heavy atom. The van der Waals surface area contributed by atoms with E-state index >= 15 is 0 Å². The van der Waals surface area contributed by atoms with Crippen molar-refractivity contribution in [2.24, 2.45) is 0 Å². The van der Waals surface area contributed by atoms with E-state index in [0.717, 1.165) is 0 Å². The standard InChI is InChI=1S/C14H18F3NO3/c1-3-7-13(2,12(19)20)18-9-10-5-4-6-11(8-10)21-14(15,16)17/h4-6,8,18H,3,7,9H2,1-2H3,(H,19,20). The van der Waals surface area contributed by atoms with Gasteiger partial charge in [-0.1, -0.05) is 25.5 Å². The Kier molecular flexibility index (Phi) is 5.60. The Balaban J connectivity index is 2.75. The summed E-state index contributed by atoms with van der Waals surface area (Å²) in [6.07, 6.45) is -3.65. The lowest BCUT2D eigenvalue weighted by Crippen LogP contribution is -2.48. The summed E-state index contributed by atoms with van der Waals surface area (Å²) >= 11 is 0. The van der Waals surface area contributed by atoms with Crippen molar-refractivity contribution in [3.8, 4) is 5.75 Å². The molecule has 0 aliphatic carbocycles. The highest BCUT2D eigenvalue weighted by molar-refractivity contribution is 5.78. The van der Waals surface area contributed by atoms with Gasteiger partial charge in [0, 0.05) is 6.54 Å². The van der Waals surface area contributed by atoms with Gasteiger partial charge in [-0.05, 0) is 31.0 Å². The fraction of sp³-hybridized carbons (Fsp3) is 0.500. The number of hydrogen-bond acceptors (Lipinski definition) is 3. The minimum Gasteiger partial charge on any atom is -0.480 e. The number of carboxylic acid groups (broad SMARTS) is 1. The quantitative estimate of drug-likeness (QED) is 0.811. The lowest BCUT2D eigenvalue weighted by Gasteiger charge is -2.26. The first-order valence-corrected chi connectivity index (χ1v) is 6.49. The molecule has 7 heteroatoms. The van der Waals surface area contributed by atoms with Crippen LogP contribution in [0.1, 0.15) is 32.3 Å². The van der Waals surface area contributed by atoms with Crippen molar-refractivity contribution in [2.75, 3.05) is 0 Å². The molecule has 1 unspecified atom stereocenters. The van der Waals surface area contributed by atoms with Crippen LogP contribution in [0.4, 0.5) is 13.2 Å². The van der Waals surface area contributed by atoms with Gasteiger partial charge in [-0.3, -0.25) is 10.1 Å². The number of alkyl halides is 3. The Morgan fingerprint density at radius 2 is 2.05 bits per heavy atom. The highest BCUT2D eigenvalue weighted by atomic mass is 19.4. The third kappa shape index (κ3) is 5.63. The summed E-state index contributed by atoms with van der Waals surface area (Å²) in [6.45, 7) is 3.55. The van der Waals surface area contributed by atoms with Gasteiger partial charge >= 0.3 is 12.3 Å². The smallest absolute Gasteiger partial charge is 0.480 e. The molecule has 118 valence electrons. The van der Waals surface area contributed by atoms with Gasteiger partial charge in [0.15, 0.2) is 0 Å². The zero-order valence-corrected chi connectivity index (χ0v) is 11.8. The summed E-state index contributed by atoms with van der Waals surface area (Å²) in [5.41, 5.74) is -0.601. The molecule has 1 rings (SSSR count). The van der Waals surface area contributed by atoms with Crippen LogP contribution in [0.2, 0.25) is 0 Å². The predicted octanol–water partition coefficient (Wildman–Crippen LogP) is 3.32. The molecule has 0 spiro atoms. The van der Waals surface area contributed by atoms with Crippen molar-refractivity contribution >= 4 is 5.97 Å². The van der Waals surface area contributed by atoms with Gasteiger partial charge in [0.25, 0.3) is 0 Å². The molecule has 0 radical (unpaired) electrons. The summed E-state index contributed by atoms with van der Waals surface area (Å²) in [4.78, 5) is 11.3. The topological polar surface area (TPSA) is 58.6 Å². The molecular formula is C14H18F3NO3. The van der Waals surface area contributed by atoms with Crippen molar-refractivity contribution in [2.45, 2.75) is 45.1 Å². The van der Waals surface area contributed by atoms with Crippen molar-refractivity contribution in [1.29, 1.82) is 0 Å². The first-order chi connectivity index (χ1) is 9.66. The lowest BCUT2D eigenvalue weighted by atomic mass is 9.96. The van der Waals surface area contributed by atoms with Crippen LogP contribution in [0.25, 0.3) is 0 Å². The average Bonchev–Trinajstić information content (AvgIpc) is 2.35. The SMILES string of the molecule is CCCC(C)(NCc1cccc(OC(F)(F)F)c1)C(=O)O. The molecule has 0 heterocycles. The Morgan fingerprint density at radius 3 is 2.57 bits per heavy atom. The van der Waals surface area contributed by atoms with Crippen LogP contribution in [-0.2, 0) is 11.3 Å². The fourth-order valence-corrected chi connectivity index (χ4v) is 1.92. The number of carboxylic acids is 1. The van der Waals surface area contributed by atoms with E-state index in [1.165, 1.54) is 18.2 Å². The first-order valence-electron chi connectivity index (χ1n) is 6.49. The van der Waals surface area contributed by atoms with Crippen LogP contribution >= 0.6 is 0 Å². The van der Waals surface area contributed by atoms with Crippen LogP contribution in [0.5, 0.6) is 5.75 Å². The zero-order valence-electron chi connectivity index (χ0n) is 11.8. The van der Waals surface area contributed by atoms with Crippen LogP contribution in [0.3, 0.4) is 0 Å². The lowest BCUT2D eigenvalue weighted by molar-refractivity contribution is -0.274. The molecule has 21 heavy (non-hydrogen) atoms. The minimum absolute atomic E-state index is 0.137. The van der Waals surface area contributed by atoms with E-state index in [-0.39, 0.29) is 12.3 Å². The van der Waals surface area contributed by atoms with Gasteiger partial charge in [0.05, 0.1) is 0 Å². The maximum Gasteiger partial charge on any atom is 0.573 e. The molecule has 1 atom stereocenters. The summed E-state index contributed by atoms with van der Waals surface area (Å²) in [5, 5.41) is 12.1. The highest BCUT2D eigenvalue weighted by Crippen LogP contribution is 2.23. The second kappa shape index (κ2) is 6.80. The molecule has 1 aromatic rings. The number of aliphatic carboxylic acids is 1. The molecule has 0 bridgehead atoms. The van der Waals surface area contributed by atoms with Crippen LogP contribution in [0.15, 0.2) is 24.3 Å². The summed E-state index contributed by atoms with van der Waals surface area (Å²) < 4.78 is 40.2. The predicted molar refractivity (Wildman–Crippen MR) is 70.9 cm³/mol. The zero-order chi connectivity index (χ0) is 16.1. The van der Waals surface area contributed by atoms with Gasteiger partial charge in [-0.2, -0.15) is 0 Å². The Labute approximate surface area is 120 Å². The number of hydrogen-bond donors (Lipinski definition) is 2. The largest absolute Gasteiger partial charge is 0.573 e. The molecule has 1 aromatic carbocycles. The van der Waals surface area contributed by atoms with E-state index in [1.54, 1.807) is 13.0 Å². The number of nitrogens with one attached hydrogen (secondary N) is 1. The molecule has 0 saturated heterocycles. The number of halogens is 3. The molecule has 0 fully saturated rings. The third-order valence-corrected chi connectivity index (χ3v) is 3.04. The molecule has 4 nitrogen and oxygen atoms in total. The van der Waals surface area contributed by atoms with Gasteiger partial charge in [-0.15, -0.1) is 13.2 Å². The van der Waals surface area contributed by atoms with Gasteiger partial charge < -0.3 is 9.84 Å². The van der Waals surface area contributed by atoms with E-state index in [4.69, 9.17) is 0 Å². The van der Waals surface area contributed by atoms with Gasteiger partial charge in [0.1, 0.15) is 11.3 Å². The average molecular weight is 305 g/mol. The summed E-state index contributed by atoms with van der Waals surface area (Å²) in [7, 11) is 0. The summed E-state index contributed by atoms with van der Waals surface area (Å²) in [5.74, 6) is -1.32. The van der Waals surface area contributed by atoms with Crippen LogP contribution in [-0.4, -0.2) is 23.0 Å². The van der Waals surface area contributed by atoms with Crippen LogP contribution < -0.4 is 10.1 Å². The van der Waals surface area contributed by atoms with E-state index in [1.807, 2.05) is 6.92 Å². The van der Waals surface area contributed by atoms with E-state index in [2.05, 4.69) is 10.1 Å². The van der Waals surface area contributed by atoms with Gasteiger partial charge in [0.2, 0.25) is 0 Å². The van der Waals surface area contributed by atoms with Crippen LogP contribution in [0, 0.1) is 0 Å². The fourth-order valence-electron chi connectivity index (χ4n) is 1.92. The number of benzene rings is 1. The minimum atomic E-state index is -4.75. The molecular weight excluding hydrogens is 287 g/mol. The van der Waals surface area contributed by atoms with Crippen molar-refractivity contribution < 1.29 is 27.8 Å². The molecule has 2 N–H and O–H groups in total. The second-order valence-corrected chi connectivity index (χ2v) is 4.94. The molecule has 0 aliphatic rings.